The van der Waals surface area contributed by atoms with Crippen molar-refractivity contribution in [1.82, 2.24) is 0 Å². The van der Waals surface area contributed by atoms with E-state index in [4.69, 9.17) is 0 Å². The second-order valence-electron chi connectivity index (χ2n) is 6.27. The summed E-state index contributed by atoms with van der Waals surface area (Å²) >= 11 is 0. The first-order valence-corrected chi connectivity index (χ1v) is 5.91. The summed E-state index contributed by atoms with van der Waals surface area (Å²) in [6.45, 7) is 7.13. The van der Waals surface area contributed by atoms with E-state index in [2.05, 4.69) is 27.9 Å². The van der Waals surface area contributed by atoms with Gasteiger partial charge in [0.25, 0.3) is 0 Å². The fourth-order valence-electron chi connectivity index (χ4n) is 3.86. The van der Waals surface area contributed by atoms with Crippen molar-refractivity contribution in [1.29, 1.82) is 0 Å². The number of rotatable bonds is 0. The largest absolute Gasteiger partial charge is 1.00 e. The van der Waals surface area contributed by atoms with Gasteiger partial charge in [0.1, 0.15) is 0 Å². The Morgan fingerprint density at radius 1 is 1.07 bits per heavy atom. The van der Waals surface area contributed by atoms with Crippen molar-refractivity contribution >= 4 is 0 Å². The van der Waals surface area contributed by atoms with Crippen molar-refractivity contribution in [3.05, 3.63) is 0 Å². The van der Waals surface area contributed by atoms with E-state index in [1.807, 2.05) is 0 Å². The molecule has 0 radical (unpaired) electrons. The highest BCUT2D eigenvalue weighted by Gasteiger charge is 2.49. The van der Waals surface area contributed by atoms with Gasteiger partial charge in [0, 0.05) is 11.8 Å². The van der Waals surface area contributed by atoms with Gasteiger partial charge in [-0.25, -0.2) is 0 Å². The highest BCUT2D eigenvalue weighted by atomic mass is 127. The lowest BCUT2D eigenvalue weighted by atomic mass is 9.78. The molecule has 90 valence electrons. The Balaban J connectivity index is 0.00000112. The zero-order valence-corrected chi connectivity index (χ0v) is 12.4. The zero-order valence-electron chi connectivity index (χ0n) is 10.3. The molecule has 5 atom stereocenters. The summed E-state index contributed by atoms with van der Waals surface area (Å²) in [5, 5.41) is 9.91. The second-order valence-corrected chi connectivity index (χ2v) is 6.27. The quantitative estimate of drug-likeness (QED) is 0.418. The van der Waals surface area contributed by atoms with E-state index < -0.39 is 0 Å². The molecule has 0 bridgehead atoms. The summed E-state index contributed by atoms with van der Waals surface area (Å²) in [6, 6.07) is 0. The monoisotopic (exact) mass is 325 g/mol. The lowest BCUT2D eigenvalue weighted by Gasteiger charge is -2.44. The maximum Gasteiger partial charge on any atom is 0.0817 e. The first-order valence-electron chi connectivity index (χ1n) is 5.91. The standard InChI is InChI=1S/C12H24NO.HI/c1-8-6-13(3,4)7-11-9(2)12(14)5-10(8)11;/h8-12,14H,5-7H2,1-4H3;1H/q+1;/p-1/t8-,9-,10-,11+,12-;/m1./s1. The lowest BCUT2D eigenvalue weighted by Crippen LogP contribution is -3.00. The van der Waals surface area contributed by atoms with Gasteiger partial charge in [-0.15, -0.1) is 0 Å². The predicted octanol–water partition coefficient (Wildman–Crippen LogP) is -1.65. The molecule has 0 aromatic heterocycles. The van der Waals surface area contributed by atoms with Gasteiger partial charge in [0.2, 0.25) is 0 Å². The van der Waals surface area contributed by atoms with Crippen LogP contribution in [-0.2, 0) is 0 Å². The van der Waals surface area contributed by atoms with E-state index in [9.17, 15) is 5.11 Å². The summed E-state index contributed by atoms with van der Waals surface area (Å²) in [6.07, 6.45) is 1.01. The minimum atomic E-state index is -0.0365. The van der Waals surface area contributed by atoms with Gasteiger partial charge < -0.3 is 33.6 Å². The smallest absolute Gasteiger partial charge is 0.0817 e. The van der Waals surface area contributed by atoms with Crippen molar-refractivity contribution in [2.24, 2.45) is 23.7 Å². The third-order valence-corrected chi connectivity index (χ3v) is 4.56. The zero-order chi connectivity index (χ0) is 10.5. The van der Waals surface area contributed by atoms with Crippen LogP contribution in [0.2, 0.25) is 0 Å². The lowest BCUT2D eigenvalue weighted by molar-refractivity contribution is -0.904. The van der Waals surface area contributed by atoms with Crippen molar-refractivity contribution < 1.29 is 33.6 Å². The number of nitrogens with zero attached hydrogens (tertiary/aromatic N) is 1. The van der Waals surface area contributed by atoms with Crippen molar-refractivity contribution in [2.45, 2.75) is 26.4 Å². The SMILES string of the molecule is C[C@@H]1[C@@H]2C[N+](C)(C)C[C@@H](C)[C@H]2C[C@H]1O.[I-]. The minimum absolute atomic E-state index is 0. The van der Waals surface area contributed by atoms with Crippen LogP contribution in [0.25, 0.3) is 0 Å². The van der Waals surface area contributed by atoms with Gasteiger partial charge in [-0.3, -0.25) is 0 Å². The third kappa shape index (κ3) is 2.50. The van der Waals surface area contributed by atoms with Gasteiger partial charge in [-0.2, -0.15) is 0 Å². The van der Waals surface area contributed by atoms with Gasteiger partial charge in [-0.05, 0) is 18.3 Å². The fraction of sp³-hybridized carbons (Fsp3) is 1.00. The maximum absolute atomic E-state index is 9.91. The Kier molecular flexibility index (Phi) is 4.11. The van der Waals surface area contributed by atoms with Crippen LogP contribution in [0.1, 0.15) is 20.3 Å². The van der Waals surface area contributed by atoms with Gasteiger partial charge >= 0.3 is 0 Å². The van der Waals surface area contributed by atoms with Crippen molar-refractivity contribution in [2.75, 3.05) is 27.2 Å². The van der Waals surface area contributed by atoms with E-state index in [1.54, 1.807) is 0 Å². The number of aliphatic hydroxyl groups is 1. The van der Waals surface area contributed by atoms with E-state index >= 15 is 0 Å². The van der Waals surface area contributed by atoms with E-state index in [0.717, 1.165) is 28.7 Å². The summed E-state index contributed by atoms with van der Waals surface area (Å²) in [7, 11) is 4.65. The molecule has 1 saturated carbocycles. The van der Waals surface area contributed by atoms with E-state index in [1.165, 1.54) is 13.1 Å². The number of aliphatic hydroxyl groups excluding tert-OH is 1. The van der Waals surface area contributed by atoms with Crippen LogP contribution in [0.15, 0.2) is 0 Å². The topological polar surface area (TPSA) is 20.2 Å². The molecule has 1 heterocycles. The number of fused-ring (bicyclic) bond motifs is 1. The van der Waals surface area contributed by atoms with E-state index in [-0.39, 0.29) is 30.1 Å². The number of likely N-dealkylation sites (tertiary alicyclic amines) is 1. The molecule has 3 heteroatoms. The Labute approximate surface area is 111 Å². The highest BCUT2D eigenvalue weighted by molar-refractivity contribution is 4.92. The predicted molar refractivity (Wildman–Crippen MR) is 57.8 cm³/mol. The Morgan fingerprint density at radius 2 is 1.67 bits per heavy atom. The molecule has 2 rings (SSSR count). The molecular weight excluding hydrogens is 301 g/mol. The average molecular weight is 325 g/mol. The molecular formula is C12H24INO. The Morgan fingerprint density at radius 3 is 2.27 bits per heavy atom. The Hall–Kier alpha value is 0.650. The number of hydrogen-bond donors (Lipinski definition) is 1. The highest BCUT2D eigenvalue weighted by Crippen LogP contribution is 2.45. The molecule has 0 aromatic rings. The summed E-state index contributed by atoms with van der Waals surface area (Å²) in [4.78, 5) is 0. The minimum Gasteiger partial charge on any atom is -1.00 e. The molecule has 0 spiro atoms. The summed E-state index contributed by atoms with van der Waals surface area (Å²) in [5.74, 6) is 2.83. The number of piperidine rings is 1. The summed E-state index contributed by atoms with van der Waals surface area (Å²) < 4.78 is 1.14. The van der Waals surface area contributed by atoms with Crippen LogP contribution in [0, 0.1) is 23.7 Å². The normalized spacial score (nSPS) is 48.2. The molecule has 2 aliphatic rings. The van der Waals surface area contributed by atoms with Crippen LogP contribution in [-0.4, -0.2) is 42.9 Å². The molecule has 0 unspecified atom stereocenters. The van der Waals surface area contributed by atoms with Crippen LogP contribution < -0.4 is 24.0 Å². The molecule has 15 heavy (non-hydrogen) atoms. The molecule has 2 nitrogen and oxygen atoms in total. The number of hydrogen-bond acceptors (Lipinski definition) is 1. The number of quaternary nitrogens is 1. The van der Waals surface area contributed by atoms with Crippen molar-refractivity contribution in [3.63, 3.8) is 0 Å². The van der Waals surface area contributed by atoms with Crippen LogP contribution in [0.4, 0.5) is 0 Å². The second kappa shape index (κ2) is 4.49. The maximum atomic E-state index is 9.91. The van der Waals surface area contributed by atoms with Gasteiger partial charge in [0.15, 0.2) is 0 Å². The van der Waals surface area contributed by atoms with Crippen molar-refractivity contribution in [3.8, 4) is 0 Å². The fourth-order valence-corrected chi connectivity index (χ4v) is 3.86. The van der Waals surface area contributed by atoms with Crippen LogP contribution in [0.3, 0.4) is 0 Å². The molecule has 1 aliphatic carbocycles. The molecule has 1 saturated heterocycles. The van der Waals surface area contributed by atoms with Gasteiger partial charge in [-0.1, -0.05) is 13.8 Å². The first kappa shape index (κ1) is 13.7. The number of halogens is 1. The molecule has 2 fully saturated rings. The molecule has 1 N–H and O–H groups in total. The molecule has 1 aliphatic heterocycles. The Bertz CT molecular complexity index is 232. The third-order valence-electron chi connectivity index (χ3n) is 4.56. The van der Waals surface area contributed by atoms with Crippen LogP contribution in [0.5, 0.6) is 0 Å². The van der Waals surface area contributed by atoms with E-state index in [0.29, 0.717) is 5.92 Å². The summed E-state index contributed by atoms with van der Waals surface area (Å²) in [5.41, 5.74) is 0. The average Bonchev–Trinajstić information content (AvgIpc) is 2.30. The first-order chi connectivity index (χ1) is 6.41. The molecule has 0 aromatic carbocycles. The molecule has 0 amide bonds. The van der Waals surface area contributed by atoms with Gasteiger partial charge in [0.05, 0.1) is 33.3 Å². The van der Waals surface area contributed by atoms with Crippen LogP contribution >= 0.6 is 0 Å².